The molecule has 0 spiro atoms. The minimum atomic E-state index is -0.265. The minimum absolute atomic E-state index is 0.0534. The van der Waals surface area contributed by atoms with E-state index in [1.54, 1.807) is 48.5 Å². The molecule has 2 amide bonds. The first kappa shape index (κ1) is 18.5. The van der Waals surface area contributed by atoms with Crippen LogP contribution in [0.25, 0.3) is 0 Å². The van der Waals surface area contributed by atoms with E-state index in [9.17, 15) is 9.59 Å². The number of methoxy groups -OCH3 is 1. The van der Waals surface area contributed by atoms with Crippen LogP contribution in [0.15, 0.2) is 55.1 Å². The molecule has 2 aromatic carbocycles. The highest BCUT2D eigenvalue weighted by atomic mass is 16.5. The maximum absolute atomic E-state index is 12.5. The molecule has 0 bridgehead atoms. The first-order valence-electron chi connectivity index (χ1n) is 8.74. The molecule has 0 heterocycles. The molecule has 140 valence electrons. The zero-order chi connectivity index (χ0) is 19.2. The second kappa shape index (κ2) is 8.40. The van der Waals surface area contributed by atoms with Crippen molar-refractivity contribution < 1.29 is 19.1 Å². The van der Waals surface area contributed by atoms with Crippen LogP contribution in [0.4, 0.5) is 11.4 Å². The minimum Gasteiger partial charge on any atom is -0.493 e. The highest BCUT2D eigenvalue weighted by Gasteiger charge is 2.29. The van der Waals surface area contributed by atoms with Gasteiger partial charge >= 0.3 is 0 Å². The lowest BCUT2D eigenvalue weighted by molar-refractivity contribution is -0.117. The first-order chi connectivity index (χ1) is 13.1. The Morgan fingerprint density at radius 2 is 1.74 bits per heavy atom. The zero-order valence-electron chi connectivity index (χ0n) is 15.2. The summed E-state index contributed by atoms with van der Waals surface area (Å²) >= 11 is 0. The highest BCUT2D eigenvalue weighted by Crippen LogP contribution is 2.30. The number of rotatable bonds is 8. The molecule has 3 rings (SSSR count). The Hall–Kier alpha value is -3.28. The van der Waals surface area contributed by atoms with Crippen LogP contribution in [0.1, 0.15) is 23.2 Å². The van der Waals surface area contributed by atoms with Gasteiger partial charge in [-0.25, -0.2) is 0 Å². The van der Waals surface area contributed by atoms with Gasteiger partial charge in [-0.15, -0.1) is 0 Å². The number of anilines is 2. The molecule has 0 atom stereocenters. The summed E-state index contributed by atoms with van der Waals surface area (Å²) in [6, 6.07) is 12.0. The second-order valence-corrected chi connectivity index (χ2v) is 6.26. The topological polar surface area (TPSA) is 76.7 Å². The average Bonchev–Trinajstić information content (AvgIpc) is 3.53. The van der Waals surface area contributed by atoms with Crippen molar-refractivity contribution in [1.82, 2.24) is 0 Å². The summed E-state index contributed by atoms with van der Waals surface area (Å²) in [7, 11) is 1.52. The molecule has 0 radical (unpaired) electrons. The summed E-state index contributed by atoms with van der Waals surface area (Å²) < 4.78 is 10.8. The van der Waals surface area contributed by atoms with Crippen molar-refractivity contribution in [3.8, 4) is 11.5 Å². The summed E-state index contributed by atoms with van der Waals surface area (Å²) in [6.07, 6.45) is 3.55. The van der Waals surface area contributed by atoms with Gasteiger partial charge in [0.1, 0.15) is 6.61 Å². The summed E-state index contributed by atoms with van der Waals surface area (Å²) in [4.78, 5) is 24.2. The SMILES string of the molecule is C=CCOc1ccc(C(=O)Nc2ccc(NC(=O)C3CC3)cc2)cc1OC. The summed E-state index contributed by atoms with van der Waals surface area (Å²) in [6.45, 7) is 3.96. The van der Waals surface area contributed by atoms with E-state index < -0.39 is 0 Å². The van der Waals surface area contributed by atoms with Crippen molar-refractivity contribution in [1.29, 1.82) is 0 Å². The fourth-order valence-corrected chi connectivity index (χ4v) is 2.51. The third kappa shape index (κ3) is 4.88. The van der Waals surface area contributed by atoms with Crippen LogP contribution < -0.4 is 20.1 Å². The first-order valence-corrected chi connectivity index (χ1v) is 8.74. The Bertz CT molecular complexity index is 842. The van der Waals surface area contributed by atoms with Gasteiger partial charge in [0.05, 0.1) is 7.11 Å². The maximum atomic E-state index is 12.5. The van der Waals surface area contributed by atoms with Gasteiger partial charge in [0.15, 0.2) is 11.5 Å². The fourth-order valence-electron chi connectivity index (χ4n) is 2.51. The number of ether oxygens (including phenoxy) is 2. The van der Waals surface area contributed by atoms with E-state index >= 15 is 0 Å². The van der Waals surface area contributed by atoms with Crippen LogP contribution in [0.2, 0.25) is 0 Å². The van der Waals surface area contributed by atoms with Gasteiger partial charge in [0, 0.05) is 22.9 Å². The lowest BCUT2D eigenvalue weighted by Gasteiger charge is -2.11. The number of nitrogens with one attached hydrogen (secondary N) is 2. The molecule has 2 aromatic rings. The van der Waals surface area contributed by atoms with Crippen LogP contribution in [-0.2, 0) is 4.79 Å². The normalized spacial score (nSPS) is 12.8. The summed E-state index contributed by atoms with van der Waals surface area (Å²) in [5.41, 5.74) is 1.80. The van der Waals surface area contributed by atoms with Crippen molar-refractivity contribution in [3.63, 3.8) is 0 Å². The number of hydrogen-bond acceptors (Lipinski definition) is 4. The van der Waals surface area contributed by atoms with Crippen LogP contribution in [0.3, 0.4) is 0 Å². The van der Waals surface area contributed by atoms with Crippen LogP contribution in [0, 0.1) is 5.92 Å². The number of hydrogen-bond donors (Lipinski definition) is 2. The van der Waals surface area contributed by atoms with Gasteiger partial charge < -0.3 is 20.1 Å². The van der Waals surface area contributed by atoms with E-state index in [0.29, 0.717) is 29.4 Å². The predicted molar refractivity (Wildman–Crippen MR) is 104 cm³/mol. The Morgan fingerprint density at radius 3 is 2.33 bits per heavy atom. The molecular formula is C21H22N2O4. The van der Waals surface area contributed by atoms with Crippen molar-refractivity contribution in [2.24, 2.45) is 5.92 Å². The van der Waals surface area contributed by atoms with E-state index in [1.165, 1.54) is 7.11 Å². The molecule has 0 aromatic heterocycles. The van der Waals surface area contributed by atoms with Crippen LogP contribution in [-0.4, -0.2) is 25.5 Å². The van der Waals surface area contributed by atoms with Gasteiger partial charge in [-0.2, -0.15) is 0 Å². The monoisotopic (exact) mass is 366 g/mol. The Labute approximate surface area is 158 Å². The van der Waals surface area contributed by atoms with Gasteiger partial charge in [0.2, 0.25) is 5.91 Å². The molecular weight excluding hydrogens is 344 g/mol. The number of carbonyl (C=O) groups is 2. The predicted octanol–water partition coefficient (Wildman–Crippen LogP) is 3.86. The quantitative estimate of drug-likeness (QED) is 0.696. The molecule has 1 aliphatic carbocycles. The molecule has 0 unspecified atom stereocenters. The Balaban J connectivity index is 1.63. The molecule has 6 heteroatoms. The van der Waals surface area contributed by atoms with Gasteiger partial charge in [-0.3, -0.25) is 9.59 Å². The van der Waals surface area contributed by atoms with Crippen LogP contribution >= 0.6 is 0 Å². The maximum Gasteiger partial charge on any atom is 0.255 e. The summed E-state index contributed by atoms with van der Waals surface area (Å²) in [5, 5.41) is 5.69. The lowest BCUT2D eigenvalue weighted by Crippen LogP contribution is -2.14. The summed E-state index contributed by atoms with van der Waals surface area (Å²) in [5.74, 6) is 0.959. The van der Waals surface area contributed by atoms with Crippen molar-refractivity contribution in [2.45, 2.75) is 12.8 Å². The second-order valence-electron chi connectivity index (χ2n) is 6.26. The number of amides is 2. The largest absolute Gasteiger partial charge is 0.493 e. The third-order valence-electron chi connectivity index (χ3n) is 4.14. The van der Waals surface area contributed by atoms with E-state index in [4.69, 9.17) is 9.47 Å². The molecule has 1 fully saturated rings. The molecule has 6 nitrogen and oxygen atoms in total. The fraction of sp³-hybridized carbons (Fsp3) is 0.238. The Kier molecular flexibility index (Phi) is 5.76. The lowest BCUT2D eigenvalue weighted by atomic mass is 10.1. The standard InChI is InChI=1S/C21H22N2O4/c1-3-12-27-18-11-6-15(13-19(18)26-2)21(25)23-17-9-7-16(8-10-17)22-20(24)14-4-5-14/h3,6-11,13-14H,1,4-5,12H2,2H3,(H,22,24)(H,23,25). The number of carbonyl (C=O) groups excluding carboxylic acids is 2. The zero-order valence-corrected chi connectivity index (χ0v) is 15.2. The average molecular weight is 366 g/mol. The van der Waals surface area contributed by atoms with Gasteiger partial charge in [0.25, 0.3) is 5.91 Å². The molecule has 2 N–H and O–H groups in total. The molecule has 0 aliphatic heterocycles. The van der Waals surface area contributed by atoms with Crippen molar-refractivity contribution in [3.05, 3.63) is 60.7 Å². The molecule has 1 saturated carbocycles. The Morgan fingerprint density at radius 1 is 1.07 bits per heavy atom. The number of benzene rings is 2. The van der Waals surface area contributed by atoms with E-state index in [1.807, 2.05) is 0 Å². The van der Waals surface area contributed by atoms with Gasteiger partial charge in [-0.1, -0.05) is 12.7 Å². The van der Waals surface area contributed by atoms with Crippen molar-refractivity contribution in [2.75, 3.05) is 24.4 Å². The van der Waals surface area contributed by atoms with E-state index in [2.05, 4.69) is 17.2 Å². The van der Waals surface area contributed by atoms with E-state index in [0.717, 1.165) is 18.5 Å². The molecule has 27 heavy (non-hydrogen) atoms. The van der Waals surface area contributed by atoms with Gasteiger partial charge in [-0.05, 0) is 55.3 Å². The highest BCUT2D eigenvalue weighted by molar-refractivity contribution is 6.04. The smallest absolute Gasteiger partial charge is 0.255 e. The van der Waals surface area contributed by atoms with Crippen LogP contribution in [0.5, 0.6) is 11.5 Å². The molecule has 0 saturated heterocycles. The van der Waals surface area contributed by atoms with Crippen molar-refractivity contribution >= 4 is 23.2 Å². The molecule has 1 aliphatic rings. The van der Waals surface area contributed by atoms with E-state index in [-0.39, 0.29) is 17.7 Å². The third-order valence-corrected chi connectivity index (χ3v) is 4.14.